The molecule has 0 saturated carbocycles. The standard InChI is InChI=1S/C22H23N5O/c28-22(19-13-7-12-18(14-19)21-24-26-27-25-21)23-15-20(16-8-3-1-4-9-16)17-10-5-2-6-11-17/h1-14,20-21,24-27H,15H2,(H,23,28). The van der Waals surface area contributed by atoms with Gasteiger partial charge in [0.2, 0.25) is 0 Å². The van der Waals surface area contributed by atoms with E-state index in [1.54, 1.807) is 0 Å². The van der Waals surface area contributed by atoms with Gasteiger partial charge in [0.25, 0.3) is 5.91 Å². The maximum atomic E-state index is 12.8. The summed E-state index contributed by atoms with van der Waals surface area (Å²) in [6.45, 7) is 0.528. The first-order chi connectivity index (χ1) is 13.8. The predicted molar refractivity (Wildman–Crippen MR) is 109 cm³/mol. The molecule has 3 aromatic rings. The van der Waals surface area contributed by atoms with Gasteiger partial charge < -0.3 is 5.32 Å². The Balaban J connectivity index is 1.49. The van der Waals surface area contributed by atoms with Crippen LogP contribution < -0.4 is 27.2 Å². The molecule has 4 rings (SSSR count). The fourth-order valence-corrected chi connectivity index (χ4v) is 3.37. The molecule has 142 valence electrons. The van der Waals surface area contributed by atoms with Crippen LogP contribution in [0.1, 0.15) is 39.1 Å². The summed E-state index contributed by atoms with van der Waals surface area (Å²) in [5, 5.41) is 3.10. The second-order valence-corrected chi connectivity index (χ2v) is 6.68. The second-order valence-electron chi connectivity index (χ2n) is 6.68. The Bertz CT molecular complexity index is 871. The van der Waals surface area contributed by atoms with E-state index in [0.717, 1.165) is 5.56 Å². The zero-order valence-corrected chi connectivity index (χ0v) is 15.4. The van der Waals surface area contributed by atoms with Crippen molar-refractivity contribution in [3.8, 4) is 0 Å². The van der Waals surface area contributed by atoms with Crippen LogP contribution in [0, 0.1) is 0 Å². The lowest BCUT2D eigenvalue weighted by Gasteiger charge is -2.19. The molecule has 1 heterocycles. The van der Waals surface area contributed by atoms with Gasteiger partial charge in [-0.2, -0.15) is 11.1 Å². The number of hydrazine groups is 3. The molecule has 6 nitrogen and oxygen atoms in total. The number of rotatable bonds is 6. The smallest absolute Gasteiger partial charge is 0.251 e. The van der Waals surface area contributed by atoms with E-state index >= 15 is 0 Å². The van der Waals surface area contributed by atoms with Crippen molar-refractivity contribution in [2.24, 2.45) is 0 Å². The lowest BCUT2D eigenvalue weighted by atomic mass is 9.91. The van der Waals surface area contributed by atoms with Crippen molar-refractivity contribution in [2.75, 3.05) is 6.54 Å². The third-order valence-electron chi connectivity index (χ3n) is 4.85. The van der Waals surface area contributed by atoms with E-state index in [1.807, 2.05) is 60.7 Å². The van der Waals surface area contributed by atoms with Crippen molar-refractivity contribution in [1.82, 2.24) is 27.2 Å². The quantitative estimate of drug-likeness (QED) is 0.459. The summed E-state index contributed by atoms with van der Waals surface area (Å²) in [6, 6.07) is 28.1. The molecule has 1 saturated heterocycles. The summed E-state index contributed by atoms with van der Waals surface area (Å²) in [5.74, 6) is 0.0127. The first-order valence-corrected chi connectivity index (χ1v) is 9.30. The molecule has 0 radical (unpaired) electrons. The number of carbonyl (C=O) groups is 1. The number of nitrogens with one attached hydrogen (secondary N) is 5. The van der Waals surface area contributed by atoms with E-state index < -0.39 is 0 Å². The van der Waals surface area contributed by atoms with Crippen LogP contribution in [0.3, 0.4) is 0 Å². The number of carbonyl (C=O) groups excluding carboxylic acids is 1. The van der Waals surface area contributed by atoms with Crippen LogP contribution in [0.2, 0.25) is 0 Å². The molecule has 0 atom stereocenters. The zero-order valence-electron chi connectivity index (χ0n) is 15.4. The average Bonchev–Trinajstić information content (AvgIpc) is 3.30. The molecule has 1 aliphatic rings. The van der Waals surface area contributed by atoms with E-state index in [9.17, 15) is 4.79 Å². The molecular weight excluding hydrogens is 350 g/mol. The molecule has 0 aromatic heterocycles. The van der Waals surface area contributed by atoms with E-state index in [0.29, 0.717) is 12.1 Å². The van der Waals surface area contributed by atoms with E-state index in [4.69, 9.17) is 0 Å². The highest BCUT2D eigenvalue weighted by molar-refractivity contribution is 5.94. The highest BCUT2D eigenvalue weighted by atomic mass is 16.1. The molecule has 6 heteroatoms. The van der Waals surface area contributed by atoms with Gasteiger partial charge in [0.1, 0.15) is 6.17 Å². The van der Waals surface area contributed by atoms with Crippen LogP contribution in [-0.4, -0.2) is 12.5 Å². The van der Waals surface area contributed by atoms with Crippen molar-refractivity contribution in [2.45, 2.75) is 12.1 Å². The van der Waals surface area contributed by atoms with E-state index in [-0.39, 0.29) is 18.0 Å². The lowest BCUT2D eigenvalue weighted by Crippen LogP contribution is -2.33. The third-order valence-corrected chi connectivity index (χ3v) is 4.85. The van der Waals surface area contributed by atoms with Crippen molar-refractivity contribution in [3.05, 3.63) is 107 Å². The van der Waals surface area contributed by atoms with Gasteiger partial charge in [-0.1, -0.05) is 72.8 Å². The maximum Gasteiger partial charge on any atom is 0.251 e. The van der Waals surface area contributed by atoms with Crippen molar-refractivity contribution >= 4 is 5.91 Å². The van der Waals surface area contributed by atoms with Crippen molar-refractivity contribution < 1.29 is 4.79 Å². The van der Waals surface area contributed by atoms with E-state index in [2.05, 4.69) is 51.5 Å². The summed E-state index contributed by atoms with van der Waals surface area (Å²) >= 11 is 0. The molecule has 3 aromatic carbocycles. The monoisotopic (exact) mass is 373 g/mol. The summed E-state index contributed by atoms with van der Waals surface area (Å²) < 4.78 is 0. The fraction of sp³-hybridized carbons (Fsp3) is 0.136. The number of hydrogen-bond acceptors (Lipinski definition) is 5. The average molecular weight is 373 g/mol. The van der Waals surface area contributed by atoms with Crippen LogP contribution >= 0.6 is 0 Å². The Labute approximate surface area is 164 Å². The molecule has 1 amide bonds. The topological polar surface area (TPSA) is 77.2 Å². The largest absolute Gasteiger partial charge is 0.351 e. The Morgan fingerprint density at radius 2 is 1.43 bits per heavy atom. The van der Waals surface area contributed by atoms with Gasteiger partial charge in [0.05, 0.1) is 0 Å². The molecule has 0 spiro atoms. The Morgan fingerprint density at radius 3 is 2.04 bits per heavy atom. The zero-order chi connectivity index (χ0) is 19.2. The Kier molecular flexibility index (Phi) is 5.75. The minimum atomic E-state index is -0.103. The van der Waals surface area contributed by atoms with Gasteiger partial charge in [-0.15, -0.1) is 0 Å². The second kappa shape index (κ2) is 8.77. The fourth-order valence-electron chi connectivity index (χ4n) is 3.37. The molecule has 0 bridgehead atoms. The van der Waals surface area contributed by atoms with E-state index in [1.165, 1.54) is 11.1 Å². The normalized spacial score (nSPS) is 14.3. The Hall–Kier alpha value is -3.03. The van der Waals surface area contributed by atoms with Gasteiger partial charge in [-0.25, -0.2) is 10.9 Å². The Morgan fingerprint density at radius 1 is 0.821 bits per heavy atom. The maximum absolute atomic E-state index is 12.8. The van der Waals surface area contributed by atoms with Crippen LogP contribution in [-0.2, 0) is 0 Å². The molecular formula is C22H23N5O. The van der Waals surface area contributed by atoms with Gasteiger partial charge >= 0.3 is 0 Å². The van der Waals surface area contributed by atoms with Crippen molar-refractivity contribution in [1.29, 1.82) is 0 Å². The minimum absolute atomic E-state index is 0.0855. The predicted octanol–water partition coefficient (Wildman–Crippen LogP) is 2.36. The van der Waals surface area contributed by atoms with Crippen molar-refractivity contribution in [3.63, 3.8) is 0 Å². The minimum Gasteiger partial charge on any atom is -0.351 e. The highest BCUT2D eigenvalue weighted by Gasteiger charge is 2.18. The van der Waals surface area contributed by atoms with Gasteiger partial charge in [0, 0.05) is 18.0 Å². The number of hydrogen-bond donors (Lipinski definition) is 5. The first kappa shape index (κ1) is 18.3. The van der Waals surface area contributed by atoms with Crippen LogP contribution in [0.25, 0.3) is 0 Å². The molecule has 0 aliphatic carbocycles. The van der Waals surface area contributed by atoms with Crippen LogP contribution in [0.4, 0.5) is 0 Å². The van der Waals surface area contributed by atoms with Gasteiger partial charge in [-0.05, 0) is 28.8 Å². The molecule has 5 N–H and O–H groups in total. The molecule has 0 unspecified atom stereocenters. The van der Waals surface area contributed by atoms with Gasteiger partial charge in [0.15, 0.2) is 0 Å². The summed E-state index contributed by atoms with van der Waals surface area (Å²) in [4.78, 5) is 12.8. The third kappa shape index (κ3) is 4.27. The summed E-state index contributed by atoms with van der Waals surface area (Å²) in [6.07, 6.45) is -0.103. The SMILES string of the molecule is O=C(NCC(c1ccccc1)c1ccccc1)c1cccc(C2NNNN2)c1. The lowest BCUT2D eigenvalue weighted by molar-refractivity contribution is 0.0952. The summed E-state index contributed by atoms with van der Waals surface area (Å²) in [7, 11) is 0. The molecule has 28 heavy (non-hydrogen) atoms. The number of benzene rings is 3. The van der Waals surface area contributed by atoms with Crippen LogP contribution in [0.15, 0.2) is 84.9 Å². The molecule has 1 aliphatic heterocycles. The summed E-state index contributed by atoms with van der Waals surface area (Å²) in [5.41, 5.74) is 15.6. The first-order valence-electron chi connectivity index (χ1n) is 9.30. The number of amides is 1. The highest BCUT2D eigenvalue weighted by Crippen LogP contribution is 2.24. The van der Waals surface area contributed by atoms with Crippen LogP contribution in [0.5, 0.6) is 0 Å². The van der Waals surface area contributed by atoms with Gasteiger partial charge in [-0.3, -0.25) is 4.79 Å². The molecule has 1 fully saturated rings.